The molecule has 1 saturated heterocycles. The number of amides is 1. The molecule has 35 heavy (non-hydrogen) atoms. The molecule has 1 amide bonds. The molecular formula is C26H27FN4O4. The number of aryl methyl sites for hydroxylation is 1. The molecule has 9 heteroatoms. The predicted molar refractivity (Wildman–Crippen MR) is 127 cm³/mol. The number of para-hydroxylation sites is 1. The van der Waals surface area contributed by atoms with Gasteiger partial charge in [0.05, 0.1) is 31.0 Å². The van der Waals surface area contributed by atoms with E-state index in [1.807, 2.05) is 30.3 Å². The first-order chi connectivity index (χ1) is 17.1. The summed E-state index contributed by atoms with van der Waals surface area (Å²) in [6.45, 7) is 5.06. The highest BCUT2D eigenvalue weighted by molar-refractivity contribution is 5.78. The van der Waals surface area contributed by atoms with E-state index in [9.17, 15) is 9.18 Å². The molecule has 0 aliphatic carbocycles. The van der Waals surface area contributed by atoms with Gasteiger partial charge in [0.1, 0.15) is 17.3 Å². The summed E-state index contributed by atoms with van der Waals surface area (Å²) in [5, 5.41) is 0. The van der Waals surface area contributed by atoms with E-state index in [0.717, 1.165) is 11.3 Å². The largest absolute Gasteiger partial charge is 0.484 e. The number of fused-ring (bicyclic) bond motifs is 1. The van der Waals surface area contributed by atoms with E-state index in [2.05, 4.69) is 4.90 Å². The van der Waals surface area contributed by atoms with Crippen LogP contribution in [0.3, 0.4) is 0 Å². The average Bonchev–Trinajstić information content (AvgIpc) is 2.90. The molecule has 2 aliphatic rings. The van der Waals surface area contributed by atoms with Crippen LogP contribution in [0.5, 0.6) is 17.4 Å². The van der Waals surface area contributed by atoms with Gasteiger partial charge in [-0.05, 0) is 42.8 Å². The number of anilines is 1. The Morgan fingerprint density at radius 2 is 1.86 bits per heavy atom. The number of benzene rings is 2. The molecule has 8 nitrogen and oxygen atoms in total. The molecule has 1 aromatic heterocycles. The molecule has 2 aromatic carbocycles. The van der Waals surface area contributed by atoms with Gasteiger partial charge in [-0.1, -0.05) is 18.2 Å². The zero-order valence-electron chi connectivity index (χ0n) is 19.6. The van der Waals surface area contributed by atoms with Crippen LogP contribution in [0.25, 0.3) is 0 Å². The lowest BCUT2D eigenvalue weighted by Gasteiger charge is -2.32. The van der Waals surface area contributed by atoms with Crippen molar-refractivity contribution in [3.63, 3.8) is 0 Å². The molecule has 0 bridgehead atoms. The van der Waals surface area contributed by atoms with Gasteiger partial charge in [0.2, 0.25) is 11.8 Å². The molecule has 182 valence electrons. The number of hydrogen-bond donors (Lipinski definition) is 0. The molecule has 3 aromatic rings. The number of aromatic nitrogens is 2. The molecule has 0 atom stereocenters. The fourth-order valence-electron chi connectivity index (χ4n) is 4.12. The SMILES string of the molecule is Cc1cc(Oc2nc(N3CCOCC3)nc3c2CN(C(=O)COc2ccccc2)CC3)ccc1F. The summed E-state index contributed by atoms with van der Waals surface area (Å²) in [4.78, 5) is 26.2. The van der Waals surface area contributed by atoms with E-state index in [1.165, 1.54) is 6.07 Å². The Morgan fingerprint density at radius 1 is 1.06 bits per heavy atom. The van der Waals surface area contributed by atoms with Gasteiger partial charge in [-0.15, -0.1) is 0 Å². The van der Waals surface area contributed by atoms with Gasteiger partial charge in [-0.2, -0.15) is 4.98 Å². The van der Waals surface area contributed by atoms with Crippen molar-refractivity contribution in [2.45, 2.75) is 19.9 Å². The number of halogens is 1. The molecule has 0 saturated carbocycles. The van der Waals surface area contributed by atoms with Crippen LogP contribution >= 0.6 is 0 Å². The van der Waals surface area contributed by atoms with Gasteiger partial charge >= 0.3 is 0 Å². The van der Waals surface area contributed by atoms with Crippen LogP contribution in [0.4, 0.5) is 10.3 Å². The van der Waals surface area contributed by atoms with Crippen molar-refractivity contribution in [3.05, 3.63) is 71.2 Å². The second-order valence-electron chi connectivity index (χ2n) is 8.53. The molecule has 0 N–H and O–H groups in total. The van der Waals surface area contributed by atoms with Crippen molar-refractivity contribution >= 4 is 11.9 Å². The lowest BCUT2D eigenvalue weighted by molar-refractivity contribution is -0.134. The first kappa shape index (κ1) is 23.0. The van der Waals surface area contributed by atoms with E-state index in [1.54, 1.807) is 24.0 Å². The van der Waals surface area contributed by atoms with Gasteiger partial charge in [0, 0.05) is 26.1 Å². The van der Waals surface area contributed by atoms with Crippen molar-refractivity contribution in [2.75, 3.05) is 44.4 Å². The van der Waals surface area contributed by atoms with E-state index in [-0.39, 0.29) is 18.3 Å². The van der Waals surface area contributed by atoms with Crippen LogP contribution < -0.4 is 14.4 Å². The lowest BCUT2D eigenvalue weighted by atomic mass is 10.1. The Balaban J connectivity index is 1.40. The summed E-state index contributed by atoms with van der Waals surface area (Å²) in [6, 6.07) is 13.8. The summed E-state index contributed by atoms with van der Waals surface area (Å²) in [5.74, 6) is 1.66. The Hall–Kier alpha value is -3.72. The summed E-state index contributed by atoms with van der Waals surface area (Å²) in [6.07, 6.45) is 0.574. The first-order valence-corrected chi connectivity index (χ1v) is 11.7. The zero-order valence-corrected chi connectivity index (χ0v) is 19.6. The normalized spacial score (nSPS) is 15.5. The van der Waals surface area contributed by atoms with Crippen molar-refractivity contribution in [1.82, 2.24) is 14.9 Å². The van der Waals surface area contributed by atoms with E-state index in [0.29, 0.717) is 74.7 Å². The molecule has 0 spiro atoms. The third-order valence-electron chi connectivity index (χ3n) is 6.11. The number of hydrogen-bond acceptors (Lipinski definition) is 7. The predicted octanol–water partition coefficient (Wildman–Crippen LogP) is 3.52. The van der Waals surface area contributed by atoms with Gasteiger partial charge in [0.25, 0.3) is 5.91 Å². The third kappa shape index (κ3) is 5.35. The van der Waals surface area contributed by atoms with E-state index < -0.39 is 0 Å². The van der Waals surface area contributed by atoms with Crippen molar-refractivity contribution in [1.29, 1.82) is 0 Å². The Morgan fingerprint density at radius 3 is 2.63 bits per heavy atom. The molecule has 1 fully saturated rings. The van der Waals surface area contributed by atoms with Gasteiger partial charge in [-0.25, -0.2) is 9.37 Å². The maximum Gasteiger partial charge on any atom is 0.260 e. The fourth-order valence-corrected chi connectivity index (χ4v) is 4.12. The number of ether oxygens (including phenoxy) is 3. The third-order valence-corrected chi connectivity index (χ3v) is 6.11. The number of morpholine rings is 1. The fraction of sp³-hybridized carbons (Fsp3) is 0.346. The van der Waals surface area contributed by atoms with Crippen molar-refractivity contribution in [3.8, 4) is 17.4 Å². The second kappa shape index (κ2) is 10.3. The van der Waals surface area contributed by atoms with Gasteiger partial charge < -0.3 is 24.0 Å². The quantitative estimate of drug-likeness (QED) is 0.537. The Bertz CT molecular complexity index is 1200. The lowest BCUT2D eigenvalue weighted by Crippen LogP contribution is -2.40. The highest BCUT2D eigenvalue weighted by Gasteiger charge is 2.28. The zero-order chi connectivity index (χ0) is 24.2. The summed E-state index contributed by atoms with van der Waals surface area (Å²) in [7, 11) is 0. The van der Waals surface area contributed by atoms with Crippen LogP contribution in [0.2, 0.25) is 0 Å². The minimum Gasteiger partial charge on any atom is -0.484 e. The van der Waals surface area contributed by atoms with E-state index in [4.69, 9.17) is 24.2 Å². The monoisotopic (exact) mass is 478 g/mol. The smallest absolute Gasteiger partial charge is 0.260 e. The maximum atomic E-state index is 13.8. The van der Waals surface area contributed by atoms with Crippen LogP contribution in [0.1, 0.15) is 16.8 Å². The van der Waals surface area contributed by atoms with Crippen molar-refractivity contribution in [2.24, 2.45) is 0 Å². The standard InChI is InChI=1S/C26H27FN4O4/c1-18-15-20(7-8-22(18)27)35-25-21-16-31(24(32)17-34-19-5-3-2-4-6-19)10-9-23(21)28-26(29-25)30-11-13-33-14-12-30/h2-8,15H,9-14,16-17H2,1H3. The van der Waals surface area contributed by atoms with Crippen LogP contribution in [0.15, 0.2) is 48.5 Å². The second-order valence-corrected chi connectivity index (χ2v) is 8.53. The summed E-state index contributed by atoms with van der Waals surface area (Å²) >= 11 is 0. The number of nitrogens with zero attached hydrogens (tertiary/aromatic N) is 4. The topological polar surface area (TPSA) is 77.0 Å². The molecule has 3 heterocycles. The number of carbonyl (C=O) groups is 1. The van der Waals surface area contributed by atoms with Gasteiger partial charge in [-0.3, -0.25) is 4.79 Å². The summed E-state index contributed by atoms with van der Waals surface area (Å²) in [5.41, 5.74) is 2.08. The summed E-state index contributed by atoms with van der Waals surface area (Å²) < 4.78 is 31.1. The van der Waals surface area contributed by atoms with Crippen LogP contribution in [-0.4, -0.2) is 60.2 Å². The molecular weight excluding hydrogens is 451 g/mol. The number of rotatable bonds is 6. The minimum atomic E-state index is -0.300. The van der Waals surface area contributed by atoms with Gasteiger partial charge in [0.15, 0.2) is 6.61 Å². The van der Waals surface area contributed by atoms with Crippen LogP contribution in [-0.2, 0) is 22.5 Å². The Kier molecular flexibility index (Phi) is 6.76. The van der Waals surface area contributed by atoms with Crippen molar-refractivity contribution < 1.29 is 23.4 Å². The molecule has 2 aliphatic heterocycles. The molecule has 5 rings (SSSR count). The highest BCUT2D eigenvalue weighted by atomic mass is 19.1. The van der Waals surface area contributed by atoms with E-state index >= 15 is 0 Å². The first-order valence-electron chi connectivity index (χ1n) is 11.7. The van der Waals surface area contributed by atoms with Crippen LogP contribution in [0, 0.1) is 12.7 Å². The average molecular weight is 479 g/mol. The Labute approximate surface area is 203 Å². The molecule has 0 unspecified atom stereocenters. The molecule has 0 radical (unpaired) electrons. The maximum absolute atomic E-state index is 13.8. The minimum absolute atomic E-state index is 0.0561. The number of carbonyl (C=O) groups excluding carboxylic acids is 1. The highest BCUT2D eigenvalue weighted by Crippen LogP contribution is 2.32.